The first-order chi connectivity index (χ1) is 26.6. The van der Waals surface area contributed by atoms with E-state index in [4.69, 9.17) is 4.74 Å². The van der Waals surface area contributed by atoms with Gasteiger partial charge in [0.05, 0.1) is 30.0 Å². The van der Waals surface area contributed by atoms with Crippen LogP contribution in [0.15, 0.2) is 55.3 Å². The molecule has 0 radical (unpaired) electrons. The Kier molecular flexibility index (Phi) is 16.6. The number of likely N-dealkylation sites (N-methyl/N-ethyl adjacent to an activating group) is 1. The number of hydrogen-bond acceptors (Lipinski definition) is 12. The number of halogens is 2. The Morgan fingerprint density at radius 1 is 0.839 bits per heavy atom. The molecule has 0 saturated heterocycles. The summed E-state index contributed by atoms with van der Waals surface area (Å²) < 4.78 is 4.91. The minimum atomic E-state index is -1.21. The number of benzene rings is 1. The summed E-state index contributed by atoms with van der Waals surface area (Å²) in [6.07, 6.45) is 1.77. The number of fused-ring (bicyclic) bond motifs is 1. The van der Waals surface area contributed by atoms with Crippen molar-refractivity contribution in [1.29, 1.82) is 0 Å². The van der Waals surface area contributed by atoms with Crippen LogP contribution in [0.3, 0.4) is 0 Å². The van der Waals surface area contributed by atoms with E-state index in [1.54, 1.807) is 44.2 Å². The Bertz CT molecular complexity index is 2040. The molecule has 0 fully saturated rings. The number of aliphatic imine (C=N–C) groups is 5. The third-order valence-electron chi connectivity index (χ3n) is 7.27. The van der Waals surface area contributed by atoms with E-state index in [1.165, 1.54) is 7.05 Å². The summed E-state index contributed by atoms with van der Waals surface area (Å²) in [4.78, 5) is 138. The number of carboxylic acids is 1. The predicted octanol–water partition coefficient (Wildman–Crippen LogP) is 1.00. The summed E-state index contributed by atoms with van der Waals surface area (Å²) in [5.74, 6) is -9.75. The molecule has 8 amide bonds. The van der Waals surface area contributed by atoms with Gasteiger partial charge < -0.3 is 14.7 Å². The van der Waals surface area contributed by atoms with Gasteiger partial charge in [-0.05, 0) is 11.5 Å². The molecular formula is C34H31Br2N9O11. The van der Waals surface area contributed by atoms with Crippen molar-refractivity contribution in [2.75, 3.05) is 20.2 Å². The maximum atomic E-state index is 12.8. The zero-order valence-electron chi connectivity index (χ0n) is 29.7. The van der Waals surface area contributed by atoms with Gasteiger partial charge in [-0.15, -0.1) is 0 Å². The van der Waals surface area contributed by atoms with Gasteiger partial charge in [0.25, 0.3) is 47.3 Å². The molecule has 56 heavy (non-hydrogen) atoms. The minimum absolute atomic E-state index is 0.234. The van der Waals surface area contributed by atoms with Crippen LogP contribution in [0.4, 0.5) is 0 Å². The number of carbonyl (C=O) groups excluding carboxylic acids is 8. The fraction of sp³-hybridized carbons (Fsp3) is 0.294. The van der Waals surface area contributed by atoms with Crippen LogP contribution in [0, 0.1) is 5.92 Å². The Balaban J connectivity index is 1.62. The molecular weight excluding hydrogens is 870 g/mol. The third kappa shape index (κ3) is 12.4. The Hall–Kier alpha value is -6.16. The second kappa shape index (κ2) is 21.1. The fourth-order valence-electron chi connectivity index (χ4n) is 4.65. The molecule has 292 valence electrons. The second-order valence-corrected chi connectivity index (χ2v) is 12.7. The van der Waals surface area contributed by atoms with Crippen LogP contribution in [0.1, 0.15) is 51.8 Å². The molecule has 1 N–H and O–H groups in total. The highest BCUT2D eigenvalue weighted by Crippen LogP contribution is 2.23. The first-order valence-corrected chi connectivity index (χ1v) is 18.2. The average molecular weight is 901 g/mol. The minimum Gasteiger partial charge on any atom is -0.480 e. The van der Waals surface area contributed by atoms with Crippen molar-refractivity contribution in [3.8, 4) is 0 Å². The molecule has 0 aliphatic carbocycles. The molecule has 1 aliphatic rings. The Labute approximate surface area is 334 Å². The van der Waals surface area contributed by atoms with Gasteiger partial charge in [-0.2, -0.15) is 4.99 Å². The molecule has 2 heterocycles. The number of imide groups is 1. The maximum Gasteiger partial charge on any atom is 0.326 e. The highest BCUT2D eigenvalue weighted by molar-refractivity contribution is 9.09. The SMILES string of the molecule is CC(C)[C@@H](C(=O)O)N(C)C(=O)COC=NC(=O)C=NC(=O)C(Cc1ccccc1)=NC(=O)C=NC(=O)C=NC(=O)CN1C(=O)c2nc(CBr)c(CBr)nc2C1=O. The van der Waals surface area contributed by atoms with Crippen LogP contribution >= 0.6 is 31.9 Å². The first kappa shape index (κ1) is 44.2. The number of nitrogens with zero attached hydrogens (tertiary/aromatic N) is 9. The highest BCUT2D eigenvalue weighted by Gasteiger charge is 2.40. The molecule has 1 aromatic carbocycles. The Morgan fingerprint density at radius 2 is 1.39 bits per heavy atom. The van der Waals surface area contributed by atoms with Crippen molar-refractivity contribution in [2.24, 2.45) is 30.9 Å². The van der Waals surface area contributed by atoms with Crippen molar-refractivity contribution < 1.29 is 53.0 Å². The molecule has 22 heteroatoms. The standard InChI is InChI=1S/C34H31Br2N9O11/c1-18(2)30(34(54)55)44(3)27(50)16-56-17-40-24(47)13-39-31(51)20(9-19-7-5-4-6-8-19)41-25(48)14-37-23(46)12-38-26(49)15-45-32(52)28-29(33(45)53)43-22(11-36)21(10-35)42-28/h4-8,12-14,17-18,30H,9-11,15-16H2,1-3H3,(H,54,55)/t30-/m0/s1. The molecule has 3 rings (SSSR count). The van der Waals surface area contributed by atoms with Crippen molar-refractivity contribution in [3.05, 3.63) is 58.7 Å². The second-order valence-electron chi connectivity index (χ2n) is 11.6. The van der Waals surface area contributed by atoms with E-state index in [2.05, 4.69) is 66.8 Å². The summed E-state index contributed by atoms with van der Waals surface area (Å²) in [7, 11) is 1.29. The number of aromatic nitrogens is 2. The van der Waals surface area contributed by atoms with E-state index in [0.29, 0.717) is 46.9 Å². The molecule has 20 nitrogen and oxygen atoms in total. The van der Waals surface area contributed by atoms with Crippen LogP contribution in [0.25, 0.3) is 0 Å². The predicted molar refractivity (Wildman–Crippen MR) is 204 cm³/mol. The smallest absolute Gasteiger partial charge is 0.326 e. The van der Waals surface area contributed by atoms with Gasteiger partial charge in [-0.25, -0.2) is 34.7 Å². The quantitative estimate of drug-likeness (QED) is 0.107. The molecule has 1 aliphatic heterocycles. The van der Waals surface area contributed by atoms with Crippen LogP contribution in [-0.2, 0) is 55.4 Å². The van der Waals surface area contributed by atoms with Gasteiger partial charge in [0.2, 0.25) is 0 Å². The van der Waals surface area contributed by atoms with Gasteiger partial charge in [0, 0.05) is 24.1 Å². The van der Waals surface area contributed by atoms with E-state index < -0.39 is 84.0 Å². The average Bonchev–Trinajstić information content (AvgIpc) is 3.39. The van der Waals surface area contributed by atoms with Crippen molar-refractivity contribution in [3.63, 3.8) is 0 Å². The van der Waals surface area contributed by atoms with E-state index in [1.807, 2.05) is 0 Å². The van der Waals surface area contributed by atoms with E-state index in [-0.39, 0.29) is 28.5 Å². The van der Waals surface area contributed by atoms with Crippen molar-refractivity contribution >= 4 is 116 Å². The summed E-state index contributed by atoms with van der Waals surface area (Å²) in [5, 5.41) is 9.84. The zero-order chi connectivity index (χ0) is 41.5. The van der Waals surface area contributed by atoms with Crippen LogP contribution in [0.5, 0.6) is 0 Å². The lowest BCUT2D eigenvalue weighted by Gasteiger charge is -2.27. The van der Waals surface area contributed by atoms with Gasteiger partial charge in [-0.3, -0.25) is 43.3 Å². The van der Waals surface area contributed by atoms with Crippen LogP contribution in [-0.4, -0.2) is 135 Å². The van der Waals surface area contributed by atoms with Crippen LogP contribution in [0.2, 0.25) is 0 Å². The van der Waals surface area contributed by atoms with Gasteiger partial charge in [0.15, 0.2) is 24.4 Å². The first-order valence-electron chi connectivity index (χ1n) is 16.0. The molecule has 1 aromatic heterocycles. The maximum absolute atomic E-state index is 12.8. The zero-order valence-corrected chi connectivity index (χ0v) is 32.9. The topological polar surface area (TPSA) is 277 Å². The van der Waals surface area contributed by atoms with E-state index in [0.717, 1.165) is 4.90 Å². The number of hydrogen-bond donors (Lipinski definition) is 1. The fourth-order valence-corrected chi connectivity index (χ4v) is 5.55. The molecule has 0 unspecified atom stereocenters. The molecule has 0 spiro atoms. The summed E-state index contributed by atoms with van der Waals surface area (Å²) in [5.41, 5.74) is 0.423. The van der Waals surface area contributed by atoms with Gasteiger partial charge in [0.1, 0.15) is 18.3 Å². The number of alkyl halides is 2. The van der Waals surface area contributed by atoms with Crippen molar-refractivity contribution in [1.82, 2.24) is 19.8 Å². The van der Waals surface area contributed by atoms with E-state index >= 15 is 0 Å². The summed E-state index contributed by atoms with van der Waals surface area (Å²) in [6.45, 7) is 1.78. The monoisotopic (exact) mass is 899 g/mol. The summed E-state index contributed by atoms with van der Waals surface area (Å²) >= 11 is 6.46. The molecule has 2 aromatic rings. The lowest BCUT2D eigenvalue weighted by molar-refractivity contribution is -0.151. The van der Waals surface area contributed by atoms with E-state index in [9.17, 15) is 48.3 Å². The Morgan fingerprint density at radius 3 is 1.95 bits per heavy atom. The largest absolute Gasteiger partial charge is 0.480 e. The number of aliphatic carboxylic acids is 1. The van der Waals surface area contributed by atoms with Gasteiger partial charge in [-0.1, -0.05) is 76.0 Å². The highest BCUT2D eigenvalue weighted by atomic mass is 79.9. The molecule has 1 atom stereocenters. The summed E-state index contributed by atoms with van der Waals surface area (Å²) in [6, 6.07) is 7.12. The number of rotatable bonds is 16. The number of carbonyl (C=O) groups is 9. The number of carboxylic acid groups (broad SMARTS) is 1. The number of ether oxygens (including phenoxy) is 1. The van der Waals surface area contributed by atoms with Crippen molar-refractivity contribution in [2.45, 2.75) is 37.0 Å². The molecule has 0 saturated carbocycles. The van der Waals surface area contributed by atoms with Gasteiger partial charge >= 0.3 is 5.97 Å². The molecule has 0 bridgehead atoms. The normalized spacial score (nSPS) is 13.6. The lowest BCUT2D eigenvalue weighted by atomic mass is 10.0. The lowest BCUT2D eigenvalue weighted by Crippen LogP contribution is -2.46. The third-order valence-corrected chi connectivity index (χ3v) is 8.33. The van der Waals surface area contributed by atoms with Crippen LogP contribution < -0.4 is 0 Å². The number of amides is 8.